The van der Waals surface area contributed by atoms with Crippen LogP contribution in [0.15, 0.2) is 0 Å². The molecule has 2 unspecified atom stereocenters. The molecular weight excluding hydrogens is 294 g/mol. The fourth-order valence-electron chi connectivity index (χ4n) is 0.420. The van der Waals surface area contributed by atoms with Crippen molar-refractivity contribution in [2.45, 2.75) is 27.7 Å². The SMILES string of the molecule is CC(C)CO[P+](=O)[O-].CC(C)CO[P+](=O)[O-].[Ca+2]. The molecule has 0 aromatic rings. The Bertz CT molecular complexity index is 190. The van der Waals surface area contributed by atoms with Gasteiger partial charge in [-0.15, -0.1) is 9.05 Å². The van der Waals surface area contributed by atoms with Crippen molar-refractivity contribution in [2.24, 2.45) is 11.8 Å². The normalized spacial score (nSPS) is 11.5. The van der Waals surface area contributed by atoms with Crippen LogP contribution >= 0.6 is 16.5 Å². The monoisotopic (exact) mass is 312 g/mol. The van der Waals surface area contributed by atoms with Crippen molar-refractivity contribution < 1.29 is 28.0 Å². The van der Waals surface area contributed by atoms with Gasteiger partial charge in [-0.1, -0.05) is 27.7 Å². The van der Waals surface area contributed by atoms with Crippen LogP contribution in [-0.4, -0.2) is 51.0 Å². The van der Waals surface area contributed by atoms with Gasteiger partial charge in [-0.05, 0) is 21.0 Å². The van der Waals surface area contributed by atoms with E-state index in [4.69, 9.17) is 0 Å². The molecule has 0 amide bonds. The molecule has 0 aliphatic heterocycles. The Morgan fingerprint density at radius 2 is 1.12 bits per heavy atom. The van der Waals surface area contributed by atoms with Crippen LogP contribution in [0.1, 0.15) is 27.7 Å². The van der Waals surface area contributed by atoms with Crippen LogP contribution in [0, 0.1) is 11.8 Å². The van der Waals surface area contributed by atoms with Crippen LogP contribution in [0.2, 0.25) is 0 Å². The van der Waals surface area contributed by atoms with E-state index in [2.05, 4.69) is 9.05 Å². The van der Waals surface area contributed by atoms with Crippen molar-refractivity contribution in [3.8, 4) is 0 Å². The Balaban J connectivity index is -0.000000218. The molecule has 0 aromatic heterocycles. The summed E-state index contributed by atoms with van der Waals surface area (Å²) in [5.41, 5.74) is 0. The summed E-state index contributed by atoms with van der Waals surface area (Å²) in [7, 11) is -5.27. The minimum atomic E-state index is -2.63. The van der Waals surface area contributed by atoms with E-state index in [1.54, 1.807) is 0 Å². The first-order valence-electron chi connectivity index (χ1n) is 4.80. The van der Waals surface area contributed by atoms with Crippen LogP contribution < -0.4 is 9.79 Å². The first-order chi connectivity index (χ1) is 7.25. The Morgan fingerprint density at radius 3 is 1.18 bits per heavy atom. The third kappa shape index (κ3) is 31.7. The molecule has 6 nitrogen and oxygen atoms in total. The molecule has 0 radical (unpaired) electrons. The van der Waals surface area contributed by atoms with Gasteiger partial charge in [0.2, 0.25) is 0 Å². The van der Waals surface area contributed by atoms with E-state index >= 15 is 0 Å². The van der Waals surface area contributed by atoms with Crippen molar-refractivity contribution >= 4 is 54.2 Å². The fourth-order valence-corrected chi connectivity index (χ4v) is 1.26. The van der Waals surface area contributed by atoms with Gasteiger partial charge < -0.3 is 9.79 Å². The van der Waals surface area contributed by atoms with Gasteiger partial charge in [0.15, 0.2) is 0 Å². The third-order valence-corrected chi connectivity index (χ3v) is 1.75. The predicted octanol–water partition coefficient (Wildman–Crippen LogP) is 0.973. The van der Waals surface area contributed by atoms with Crippen molar-refractivity contribution in [1.82, 2.24) is 0 Å². The van der Waals surface area contributed by atoms with E-state index in [-0.39, 0.29) is 49.6 Å². The largest absolute Gasteiger partial charge is 2.00 e. The van der Waals surface area contributed by atoms with Gasteiger partial charge in [-0.3, -0.25) is 0 Å². The molecule has 17 heavy (non-hydrogen) atoms. The molecule has 0 heterocycles. The summed E-state index contributed by atoms with van der Waals surface area (Å²) in [5, 5.41) is 0. The van der Waals surface area contributed by atoms with E-state index in [1.165, 1.54) is 0 Å². The van der Waals surface area contributed by atoms with Gasteiger partial charge in [-0.2, -0.15) is 0 Å². The van der Waals surface area contributed by atoms with Crippen LogP contribution in [0.3, 0.4) is 0 Å². The van der Waals surface area contributed by atoms with Gasteiger partial charge in [0, 0.05) is 0 Å². The summed E-state index contributed by atoms with van der Waals surface area (Å²) in [6, 6.07) is 0. The minimum absolute atomic E-state index is 0. The standard InChI is InChI=1S/2C4H9O3P.Ca/c2*1-4(2)3-7-8(5)6;/h2*4H,3H2,1-2H3;/q;;+2. The summed E-state index contributed by atoms with van der Waals surface area (Å²) in [6.07, 6.45) is 0. The maximum Gasteiger partial charge on any atom is 2.00 e. The Labute approximate surface area is 134 Å². The maximum absolute atomic E-state index is 9.72. The molecule has 0 aliphatic rings. The molecule has 0 saturated heterocycles. The molecule has 0 N–H and O–H groups in total. The summed E-state index contributed by atoms with van der Waals surface area (Å²) < 4.78 is 28.0. The van der Waals surface area contributed by atoms with Crippen molar-refractivity contribution in [3.63, 3.8) is 0 Å². The second-order valence-electron chi connectivity index (χ2n) is 3.83. The first-order valence-corrected chi connectivity index (χ1v) is 6.99. The molecule has 0 bridgehead atoms. The van der Waals surface area contributed by atoms with E-state index < -0.39 is 16.5 Å². The topological polar surface area (TPSA) is 98.7 Å². The second-order valence-corrected chi connectivity index (χ2v) is 5.24. The van der Waals surface area contributed by atoms with Gasteiger partial charge in [-0.25, -0.2) is 0 Å². The molecule has 9 heteroatoms. The van der Waals surface area contributed by atoms with Gasteiger partial charge in [0.25, 0.3) is 0 Å². The summed E-state index contributed by atoms with van der Waals surface area (Å²) in [5.74, 6) is 0.561. The minimum Gasteiger partial charge on any atom is -0.566 e. The molecule has 2 atom stereocenters. The van der Waals surface area contributed by atoms with Gasteiger partial charge in [0.1, 0.15) is 13.2 Å². The predicted molar refractivity (Wildman–Crippen MR) is 62.5 cm³/mol. The molecule has 0 aliphatic carbocycles. The van der Waals surface area contributed by atoms with Gasteiger partial charge >= 0.3 is 54.2 Å². The Hall–Kier alpha value is 1.30. The molecule has 0 rings (SSSR count). The fraction of sp³-hybridized carbons (Fsp3) is 1.00. The second kappa shape index (κ2) is 15.4. The summed E-state index contributed by atoms with van der Waals surface area (Å²) >= 11 is 0. The average Bonchev–Trinajstić information content (AvgIpc) is 2.12. The summed E-state index contributed by atoms with van der Waals surface area (Å²) in [4.78, 5) is 19.4. The Morgan fingerprint density at radius 1 is 0.882 bits per heavy atom. The average molecular weight is 312 g/mol. The number of hydrogen-bond acceptors (Lipinski definition) is 6. The summed E-state index contributed by atoms with van der Waals surface area (Å²) in [6.45, 7) is 8.13. The van der Waals surface area contributed by atoms with E-state index in [0.717, 1.165) is 0 Å². The van der Waals surface area contributed by atoms with Crippen molar-refractivity contribution in [3.05, 3.63) is 0 Å². The zero-order valence-electron chi connectivity index (χ0n) is 10.6. The van der Waals surface area contributed by atoms with Crippen LogP contribution in [0.5, 0.6) is 0 Å². The molecule has 0 saturated carbocycles. The smallest absolute Gasteiger partial charge is 0.566 e. The van der Waals surface area contributed by atoms with E-state index in [1.807, 2.05) is 27.7 Å². The first kappa shape index (κ1) is 23.4. The Kier molecular flexibility index (Phi) is 21.1. The number of hydrogen-bond donors (Lipinski definition) is 0. The van der Waals surface area contributed by atoms with E-state index in [9.17, 15) is 18.9 Å². The molecule has 96 valence electrons. The zero-order chi connectivity index (χ0) is 13.1. The third-order valence-electron chi connectivity index (χ3n) is 1.03. The molecule has 0 aromatic carbocycles. The molecule has 0 spiro atoms. The number of rotatable bonds is 6. The van der Waals surface area contributed by atoms with E-state index in [0.29, 0.717) is 13.2 Å². The van der Waals surface area contributed by atoms with Crippen LogP contribution in [-0.2, 0) is 18.2 Å². The van der Waals surface area contributed by atoms with Crippen LogP contribution in [0.25, 0.3) is 0 Å². The quantitative estimate of drug-likeness (QED) is 0.535. The van der Waals surface area contributed by atoms with Crippen LogP contribution in [0.4, 0.5) is 0 Å². The van der Waals surface area contributed by atoms with Crippen molar-refractivity contribution in [1.29, 1.82) is 0 Å². The zero-order valence-corrected chi connectivity index (χ0v) is 14.6. The van der Waals surface area contributed by atoms with Gasteiger partial charge in [0.05, 0.1) is 0 Å². The maximum atomic E-state index is 9.72. The molecular formula is C8H18CaO6P2+2. The molecule has 0 fully saturated rings. The van der Waals surface area contributed by atoms with Crippen molar-refractivity contribution in [2.75, 3.05) is 13.2 Å².